The Balaban J connectivity index is 1.47. The molecule has 216 valence electrons. The van der Waals surface area contributed by atoms with Crippen molar-refractivity contribution >= 4 is 68.8 Å². The van der Waals surface area contributed by atoms with Gasteiger partial charge in [0.2, 0.25) is 11.0 Å². The third kappa shape index (κ3) is 5.85. The van der Waals surface area contributed by atoms with Gasteiger partial charge in [-0.25, -0.2) is 0 Å². The highest BCUT2D eigenvalue weighted by Gasteiger charge is 2.46. The molecule has 42 heavy (non-hydrogen) atoms. The summed E-state index contributed by atoms with van der Waals surface area (Å²) < 4.78 is 6.12. The number of rotatable bonds is 7. The number of methoxy groups -OCH3 is 1. The largest absolute Gasteiger partial charge is 0.496 e. The van der Waals surface area contributed by atoms with Gasteiger partial charge in [-0.15, -0.1) is 10.2 Å². The molecule has 0 fully saturated rings. The van der Waals surface area contributed by atoms with Crippen LogP contribution >= 0.6 is 46.3 Å². The predicted molar refractivity (Wildman–Crippen MR) is 166 cm³/mol. The van der Waals surface area contributed by atoms with Gasteiger partial charge in [-0.3, -0.25) is 14.5 Å². The van der Waals surface area contributed by atoms with Crippen LogP contribution in [0.15, 0.2) is 69.5 Å². The molecule has 1 amide bonds. The Morgan fingerprint density at radius 3 is 2.74 bits per heavy atom. The summed E-state index contributed by atoms with van der Waals surface area (Å²) in [6.07, 6.45) is 0.860. The van der Waals surface area contributed by atoms with Crippen molar-refractivity contribution in [2.24, 2.45) is 11.1 Å². The standard InChI is InChI=1S/C29H26Cl2N6O3S2/c1-29(2)11-20-25(21(38)12-29)24(16-6-4-5-7-22(16)40-3)17(13-32)26(33)37(20)27-35-36-28(42-27)41-14-23(39)34-19-9-8-15(30)10-18(19)31/h4-10,24H,11-12,14,33H2,1-3H3,(H,34,39). The molecule has 2 heterocycles. The van der Waals surface area contributed by atoms with Crippen LogP contribution in [0.5, 0.6) is 5.75 Å². The van der Waals surface area contributed by atoms with Crippen molar-refractivity contribution in [3.8, 4) is 11.8 Å². The molecule has 0 radical (unpaired) electrons. The monoisotopic (exact) mass is 640 g/mol. The van der Waals surface area contributed by atoms with Gasteiger partial charge in [0.1, 0.15) is 11.6 Å². The highest BCUT2D eigenvalue weighted by atomic mass is 35.5. The highest BCUT2D eigenvalue weighted by molar-refractivity contribution is 8.01. The third-order valence-electron chi connectivity index (χ3n) is 6.95. The van der Waals surface area contributed by atoms with Gasteiger partial charge in [0.05, 0.1) is 41.1 Å². The Labute approximate surface area is 261 Å². The van der Waals surface area contributed by atoms with Gasteiger partial charge in [0, 0.05) is 28.3 Å². The fourth-order valence-electron chi connectivity index (χ4n) is 5.20. The van der Waals surface area contributed by atoms with Crippen molar-refractivity contribution in [1.82, 2.24) is 10.2 Å². The Morgan fingerprint density at radius 1 is 1.26 bits per heavy atom. The quantitative estimate of drug-likeness (QED) is 0.276. The van der Waals surface area contributed by atoms with Crippen LogP contribution in [0.25, 0.3) is 0 Å². The van der Waals surface area contributed by atoms with E-state index >= 15 is 0 Å². The maximum absolute atomic E-state index is 13.8. The number of hydrogen-bond donors (Lipinski definition) is 2. The molecule has 1 aliphatic heterocycles. The number of ketones is 1. The van der Waals surface area contributed by atoms with Crippen LogP contribution in [0, 0.1) is 16.7 Å². The Bertz CT molecular complexity index is 1690. The van der Waals surface area contributed by atoms with E-state index < -0.39 is 5.92 Å². The fourth-order valence-corrected chi connectivity index (χ4v) is 7.34. The number of aromatic nitrogens is 2. The zero-order chi connectivity index (χ0) is 30.2. The second-order valence-corrected chi connectivity index (χ2v) is 13.6. The molecule has 13 heteroatoms. The van der Waals surface area contributed by atoms with Crippen molar-refractivity contribution < 1.29 is 14.3 Å². The average Bonchev–Trinajstić information content (AvgIpc) is 3.40. The fraction of sp³-hybridized carbons (Fsp3) is 0.276. The van der Waals surface area contributed by atoms with Gasteiger partial charge in [-0.1, -0.05) is 78.3 Å². The molecule has 1 aliphatic carbocycles. The van der Waals surface area contributed by atoms with E-state index in [0.717, 1.165) is 0 Å². The number of nitrogens with zero attached hydrogens (tertiary/aromatic N) is 4. The molecule has 0 saturated carbocycles. The summed E-state index contributed by atoms with van der Waals surface area (Å²) >= 11 is 14.5. The molecular weight excluding hydrogens is 615 g/mol. The molecule has 5 rings (SSSR count). The topological polar surface area (TPSA) is 134 Å². The maximum Gasteiger partial charge on any atom is 0.234 e. The number of halogens is 2. The first kappa shape index (κ1) is 29.9. The molecule has 2 aliphatic rings. The number of nitriles is 1. The van der Waals surface area contributed by atoms with E-state index in [0.29, 0.717) is 60.6 Å². The average molecular weight is 642 g/mol. The summed E-state index contributed by atoms with van der Waals surface area (Å²) in [5.41, 5.74) is 8.94. The summed E-state index contributed by atoms with van der Waals surface area (Å²) in [7, 11) is 1.55. The minimum absolute atomic E-state index is 0.0533. The molecule has 0 bridgehead atoms. The minimum atomic E-state index is -0.675. The molecule has 1 aromatic heterocycles. The van der Waals surface area contributed by atoms with Gasteiger partial charge in [-0.05, 0) is 36.1 Å². The van der Waals surface area contributed by atoms with Crippen LogP contribution in [-0.4, -0.2) is 34.8 Å². The lowest BCUT2D eigenvalue weighted by molar-refractivity contribution is -0.118. The third-order valence-corrected chi connectivity index (χ3v) is 9.54. The number of hydrogen-bond acceptors (Lipinski definition) is 10. The number of allylic oxidation sites excluding steroid dienone is 3. The predicted octanol–water partition coefficient (Wildman–Crippen LogP) is 6.53. The van der Waals surface area contributed by atoms with E-state index in [4.69, 9.17) is 33.7 Å². The number of benzene rings is 2. The van der Waals surface area contributed by atoms with Crippen molar-refractivity contribution in [3.63, 3.8) is 0 Å². The second kappa shape index (κ2) is 12.0. The van der Waals surface area contributed by atoms with Gasteiger partial charge in [0.15, 0.2) is 10.1 Å². The molecule has 1 atom stereocenters. The summed E-state index contributed by atoms with van der Waals surface area (Å²) in [4.78, 5) is 28.0. The van der Waals surface area contributed by atoms with Gasteiger partial charge in [-0.2, -0.15) is 5.26 Å². The summed E-state index contributed by atoms with van der Waals surface area (Å²) in [5.74, 6) is -0.216. The molecule has 0 spiro atoms. The maximum atomic E-state index is 13.8. The molecule has 1 unspecified atom stereocenters. The van der Waals surface area contributed by atoms with E-state index in [2.05, 4.69) is 21.6 Å². The number of anilines is 2. The number of carbonyl (C=O) groups excluding carboxylic acids is 2. The Hall–Kier alpha value is -3.56. The van der Waals surface area contributed by atoms with Crippen LogP contribution in [0.2, 0.25) is 10.0 Å². The lowest BCUT2D eigenvalue weighted by Gasteiger charge is -2.42. The molecule has 0 saturated heterocycles. The number of amides is 1. The lowest BCUT2D eigenvalue weighted by atomic mass is 9.68. The number of nitrogens with two attached hydrogens (primary N) is 1. The zero-order valence-electron chi connectivity index (χ0n) is 22.9. The van der Waals surface area contributed by atoms with Crippen LogP contribution in [0.3, 0.4) is 0 Å². The van der Waals surface area contributed by atoms with E-state index in [1.807, 2.05) is 32.0 Å². The lowest BCUT2D eigenvalue weighted by Crippen LogP contribution is -2.42. The molecule has 9 nitrogen and oxygen atoms in total. The highest BCUT2D eigenvalue weighted by Crippen LogP contribution is 2.52. The summed E-state index contributed by atoms with van der Waals surface area (Å²) in [6, 6.07) is 14.4. The minimum Gasteiger partial charge on any atom is -0.496 e. The van der Waals surface area contributed by atoms with Crippen LogP contribution in [0.4, 0.5) is 10.8 Å². The number of para-hydroxylation sites is 1. The van der Waals surface area contributed by atoms with E-state index in [1.54, 1.807) is 36.3 Å². The Morgan fingerprint density at radius 2 is 2.02 bits per heavy atom. The zero-order valence-corrected chi connectivity index (χ0v) is 26.0. The van der Waals surface area contributed by atoms with Crippen molar-refractivity contribution in [1.29, 1.82) is 5.26 Å². The number of ether oxygens (including phenoxy) is 1. The first-order valence-electron chi connectivity index (χ1n) is 12.8. The molecular formula is C29H26Cl2N6O3S2. The number of thioether (sulfide) groups is 1. The number of nitrogens with one attached hydrogen (secondary N) is 1. The van der Waals surface area contributed by atoms with Crippen LogP contribution in [-0.2, 0) is 9.59 Å². The van der Waals surface area contributed by atoms with Crippen molar-refractivity contribution in [2.45, 2.75) is 36.9 Å². The van der Waals surface area contributed by atoms with E-state index in [-0.39, 0.29) is 34.3 Å². The van der Waals surface area contributed by atoms with Crippen LogP contribution in [0.1, 0.15) is 38.2 Å². The van der Waals surface area contributed by atoms with E-state index in [1.165, 1.54) is 23.1 Å². The first-order chi connectivity index (χ1) is 20.0. The van der Waals surface area contributed by atoms with Crippen molar-refractivity contribution in [2.75, 3.05) is 23.1 Å². The molecule has 3 N–H and O–H groups in total. The van der Waals surface area contributed by atoms with Gasteiger partial charge in [0.25, 0.3) is 0 Å². The normalized spacial score (nSPS) is 18.0. The number of Topliss-reactive ketones (excluding diaryl/α,β-unsaturated/α-hetero) is 1. The second-order valence-electron chi connectivity index (χ2n) is 10.5. The number of carbonyl (C=O) groups is 2. The Kier molecular flexibility index (Phi) is 8.53. The molecule has 3 aromatic rings. The smallest absolute Gasteiger partial charge is 0.234 e. The van der Waals surface area contributed by atoms with Gasteiger partial charge >= 0.3 is 0 Å². The first-order valence-corrected chi connectivity index (χ1v) is 15.4. The SMILES string of the molecule is COc1ccccc1C1C(C#N)=C(N)N(c2nnc(SCC(=O)Nc3ccc(Cl)cc3Cl)s2)C2=C1C(=O)CC(C)(C)C2. The molecule has 2 aromatic carbocycles. The van der Waals surface area contributed by atoms with Gasteiger partial charge < -0.3 is 15.8 Å². The summed E-state index contributed by atoms with van der Waals surface area (Å²) in [6.45, 7) is 4.05. The summed E-state index contributed by atoms with van der Waals surface area (Å²) in [5, 5.41) is 22.9. The van der Waals surface area contributed by atoms with Crippen LogP contribution < -0.4 is 20.7 Å². The van der Waals surface area contributed by atoms with Crippen molar-refractivity contribution in [3.05, 3.63) is 80.7 Å². The van der Waals surface area contributed by atoms with E-state index in [9.17, 15) is 14.9 Å².